The van der Waals surface area contributed by atoms with E-state index in [1.165, 1.54) is 0 Å². The molecule has 0 bridgehead atoms. The lowest BCUT2D eigenvalue weighted by atomic mass is 9.90. The Kier molecular flexibility index (Phi) is 4.74. The number of hydrogen-bond acceptors (Lipinski definition) is 3. The first-order chi connectivity index (χ1) is 9.36. The quantitative estimate of drug-likeness (QED) is 0.931. The van der Waals surface area contributed by atoms with Crippen LogP contribution in [0, 0.1) is 11.8 Å². The summed E-state index contributed by atoms with van der Waals surface area (Å²) in [5.41, 5.74) is 6.25. The molecule has 1 aliphatic heterocycles. The molecule has 2 rings (SSSR count). The first-order valence-corrected chi connectivity index (χ1v) is 8.66. The molecule has 20 heavy (non-hydrogen) atoms. The molecule has 0 spiro atoms. The van der Waals surface area contributed by atoms with Crippen LogP contribution in [0.15, 0.2) is 23.1 Å². The molecular weight excluding hydrogens is 296 g/mol. The lowest BCUT2D eigenvalue weighted by Crippen LogP contribution is -2.42. The van der Waals surface area contributed by atoms with Crippen molar-refractivity contribution in [3.63, 3.8) is 0 Å². The SMILES string of the molecule is CC1CCN(S(=O)(=O)c2ccc(Cl)c(CN)c2)CC1C. The van der Waals surface area contributed by atoms with Crippen LogP contribution in [0.5, 0.6) is 0 Å². The molecule has 1 aliphatic rings. The molecule has 1 aromatic carbocycles. The van der Waals surface area contributed by atoms with Crippen LogP contribution in [0.25, 0.3) is 0 Å². The van der Waals surface area contributed by atoms with Gasteiger partial charge in [0.25, 0.3) is 0 Å². The number of sulfonamides is 1. The van der Waals surface area contributed by atoms with Gasteiger partial charge in [-0.25, -0.2) is 8.42 Å². The molecule has 1 saturated heterocycles. The zero-order chi connectivity index (χ0) is 14.9. The molecule has 2 unspecified atom stereocenters. The molecule has 2 atom stereocenters. The first-order valence-electron chi connectivity index (χ1n) is 6.85. The molecule has 112 valence electrons. The fourth-order valence-corrected chi connectivity index (χ4v) is 4.26. The van der Waals surface area contributed by atoms with Gasteiger partial charge in [0.05, 0.1) is 4.90 Å². The highest BCUT2D eigenvalue weighted by Crippen LogP contribution is 2.28. The van der Waals surface area contributed by atoms with E-state index in [4.69, 9.17) is 17.3 Å². The number of nitrogens with zero attached hydrogens (tertiary/aromatic N) is 1. The van der Waals surface area contributed by atoms with E-state index in [0.717, 1.165) is 6.42 Å². The summed E-state index contributed by atoms with van der Waals surface area (Å²) in [4.78, 5) is 0.282. The van der Waals surface area contributed by atoms with Crippen LogP contribution in [0.3, 0.4) is 0 Å². The number of hydrogen-bond donors (Lipinski definition) is 1. The number of halogens is 1. The van der Waals surface area contributed by atoms with E-state index in [-0.39, 0.29) is 11.4 Å². The predicted molar refractivity (Wildman–Crippen MR) is 81.0 cm³/mol. The topological polar surface area (TPSA) is 63.4 Å². The van der Waals surface area contributed by atoms with Crippen molar-refractivity contribution in [2.45, 2.75) is 31.7 Å². The lowest BCUT2D eigenvalue weighted by Gasteiger charge is -2.34. The Morgan fingerprint density at radius 1 is 1.35 bits per heavy atom. The summed E-state index contributed by atoms with van der Waals surface area (Å²) in [5, 5.41) is 0.507. The average Bonchev–Trinajstić information content (AvgIpc) is 2.42. The summed E-state index contributed by atoms with van der Waals surface area (Å²) in [6.45, 7) is 5.65. The van der Waals surface area contributed by atoms with Crippen molar-refractivity contribution in [2.24, 2.45) is 17.6 Å². The summed E-state index contributed by atoms with van der Waals surface area (Å²) in [6.07, 6.45) is 0.901. The van der Waals surface area contributed by atoms with Gasteiger partial charge in [-0.05, 0) is 42.0 Å². The van der Waals surface area contributed by atoms with E-state index in [9.17, 15) is 8.42 Å². The number of benzene rings is 1. The Balaban J connectivity index is 2.31. The van der Waals surface area contributed by atoms with Gasteiger partial charge in [0, 0.05) is 24.7 Å². The largest absolute Gasteiger partial charge is 0.326 e. The summed E-state index contributed by atoms with van der Waals surface area (Å²) in [6, 6.07) is 4.74. The third-order valence-electron chi connectivity index (χ3n) is 4.17. The fraction of sp³-hybridized carbons (Fsp3) is 0.571. The minimum Gasteiger partial charge on any atom is -0.326 e. The van der Waals surface area contributed by atoms with Crippen LogP contribution >= 0.6 is 11.6 Å². The van der Waals surface area contributed by atoms with E-state index >= 15 is 0 Å². The second-order valence-corrected chi connectivity index (χ2v) is 7.91. The highest BCUT2D eigenvalue weighted by Gasteiger charge is 2.31. The molecule has 1 aromatic rings. The van der Waals surface area contributed by atoms with Crippen LogP contribution in [0.1, 0.15) is 25.8 Å². The summed E-state index contributed by atoms with van der Waals surface area (Å²) < 4.78 is 26.9. The van der Waals surface area contributed by atoms with Gasteiger partial charge in [0.1, 0.15) is 0 Å². The standard InChI is InChI=1S/C14H21ClN2O2S/c1-10-5-6-17(9-11(10)2)20(18,19)13-3-4-14(15)12(7-13)8-16/h3-4,7,10-11H,5-6,8-9,16H2,1-2H3. The Morgan fingerprint density at radius 2 is 2.05 bits per heavy atom. The molecule has 6 heteroatoms. The van der Waals surface area contributed by atoms with E-state index in [2.05, 4.69) is 13.8 Å². The third-order valence-corrected chi connectivity index (χ3v) is 6.40. The van der Waals surface area contributed by atoms with Crippen molar-refractivity contribution in [3.8, 4) is 0 Å². The van der Waals surface area contributed by atoms with Crippen molar-refractivity contribution in [3.05, 3.63) is 28.8 Å². The second kappa shape index (κ2) is 6.02. The van der Waals surface area contributed by atoms with E-state index in [0.29, 0.717) is 35.5 Å². The highest BCUT2D eigenvalue weighted by molar-refractivity contribution is 7.89. The second-order valence-electron chi connectivity index (χ2n) is 5.56. The number of piperidine rings is 1. The molecule has 1 heterocycles. The molecular formula is C14H21ClN2O2S. The minimum atomic E-state index is -3.45. The minimum absolute atomic E-state index is 0.232. The summed E-state index contributed by atoms with van der Waals surface area (Å²) >= 11 is 5.99. The average molecular weight is 317 g/mol. The smallest absolute Gasteiger partial charge is 0.243 e. The van der Waals surface area contributed by atoms with Crippen LogP contribution in [-0.4, -0.2) is 25.8 Å². The normalized spacial score (nSPS) is 24.8. The molecule has 0 amide bonds. The molecule has 4 nitrogen and oxygen atoms in total. The Morgan fingerprint density at radius 3 is 2.65 bits per heavy atom. The van der Waals surface area contributed by atoms with Crippen LogP contribution < -0.4 is 5.73 Å². The summed E-state index contributed by atoms with van der Waals surface area (Å²) in [5.74, 6) is 0.936. The molecule has 0 aliphatic carbocycles. The first kappa shape index (κ1) is 15.8. The Hall–Kier alpha value is -0.620. The maximum Gasteiger partial charge on any atom is 0.243 e. The van der Waals surface area contributed by atoms with Gasteiger partial charge in [-0.3, -0.25) is 0 Å². The lowest BCUT2D eigenvalue weighted by molar-refractivity contribution is 0.212. The van der Waals surface area contributed by atoms with Crippen molar-refractivity contribution in [1.29, 1.82) is 0 Å². The van der Waals surface area contributed by atoms with Gasteiger partial charge in [-0.2, -0.15) is 4.31 Å². The van der Waals surface area contributed by atoms with E-state index < -0.39 is 10.0 Å². The maximum absolute atomic E-state index is 12.7. The molecule has 0 aromatic heterocycles. The summed E-state index contributed by atoms with van der Waals surface area (Å²) in [7, 11) is -3.45. The zero-order valence-corrected chi connectivity index (χ0v) is 13.4. The van der Waals surface area contributed by atoms with Crippen molar-refractivity contribution in [2.75, 3.05) is 13.1 Å². The monoisotopic (exact) mass is 316 g/mol. The third kappa shape index (κ3) is 3.01. The maximum atomic E-state index is 12.7. The van der Waals surface area contributed by atoms with E-state index in [1.807, 2.05) is 0 Å². The predicted octanol–water partition coefficient (Wildman–Crippen LogP) is 2.47. The van der Waals surface area contributed by atoms with Gasteiger partial charge in [-0.15, -0.1) is 0 Å². The van der Waals surface area contributed by atoms with Gasteiger partial charge >= 0.3 is 0 Å². The number of nitrogens with two attached hydrogens (primary N) is 1. The van der Waals surface area contributed by atoms with Crippen molar-refractivity contribution >= 4 is 21.6 Å². The van der Waals surface area contributed by atoms with Gasteiger partial charge in [0.2, 0.25) is 10.0 Å². The molecule has 0 saturated carbocycles. The Labute approximate surface area is 126 Å². The molecule has 2 N–H and O–H groups in total. The fourth-order valence-electron chi connectivity index (χ4n) is 2.46. The zero-order valence-electron chi connectivity index (χ0n) is 11.8. The van der Waals surface area contributed by atoms with Crippen LogP contribution in [0.2, 0.25) is 5.02 Å². The van der Waals surface area contributed by atoms with Crippen molar-refractivity contribution < 1.29 is 8.42 Å². The molecule has 1 fully saturated rings. The Bertz CT molecular complexity index is 589. The van der Waals surface area contributed by atoms with Gasteiger partial charge < -0.3 is 5.73 Å². The van der Waals surface area contributed by atoms with Crippen LogP contribution in [0.4, 0.5) is 0 Å². The van der Waals surface area contributed by atoms with Crippen molar-refractivity contribution in [1.82, 2.24) is 4.31 Å². The highest BCUT2D eigenvalue weighted by atomic mass is 35.5. The van der Waals surface area contributed by atoms with Crippen LogP contribution in [-0.2, 0) is 16.6 Å². The van der Waals surface area contributed by atoms with E-state index in [1.54, 1.807) is 22.5 Å². The van der Waals surface area contributed by atoms with Gasteiger partial charge in [0.15, 0.2) is 0 Å². The molecule has 0 radical (unpaired) electrons. The van der Waals surface area contributed by atoms with Gasteiger partial charge in [-0.1, -0.05) is 25.4 Å². The number of rotatable bonds is 3.